The number of aliphatic hydroxyl groups excluding tert-OH is 1. The van der Waals surface area contributed by atoms with Crippen molar-refractivity contribution in [2.75, 3.05) is 39.6 Å². The van der Waals surface area contributed by atoms with E-state index in [0.717, 1.165) is 108 Å². The molecular weight excluding hydrogens is 1310 g/mol. The normalized spacial score (nSPS) is 14.2. The second kappa shape index (κ2) is 71.3. The topological polar surface area (TPSA) is 237 Å². The average Bonchev–Trinajstić information content (AvgIpc) is 0.914. The zero-order valence-electron chi connectivity index (χ0n) is 65.7. The van der Waals surface area contributed by atoms with Crippen molar-refractivity contribution in [1.82, 2.24) is 0 Å². The maximum atomic E-state index is 13.1. The maximum Gasteiger partial charge on any atom is 0.472 e. The highest BCUT2D eigenvalue weighted by atomic mass is 31.2. The van der Waals surface area contributed by atoms with Crippen molar-refractivity contribution in [3.8, 4) is 0 Å². The van der Waals surface area contributed by atoms with Gasteiger partial charge in [0.05, 0.1) is 26.4 Å². The molecule has 100 heavy (non-hydrogen) atoms. The lowest BCUT2D eigenvalue weighted by Gasteiger charge is -2.21. The van der Waals surface area contributed by atoms with Crippen molar-refractivity contribution >= 4 is 39.5 Å². The Kier molecular flexibility index (Phi) is 69.9. The predicted octanol–water partition coefficient (Wildman–Crippen LogP) is 24.1. The molecule has 0 saturated carbocycles. The molecule has 0 rings (SSSR count). The highest BCUT2D eigenvalue weighted by Gasteiger charge is 2.30. The molecule has 0 spiro atoms. The standard InChI is InChI=1S/C81H158O17P2/c1-8-10-11-12-13-14-15-16-17-18-19-20-21-22-27-30-35-42-50-57-64-80(85)97-76(68-91-78(83)62-55-48-41-34-29-26-24-23-25-28-33-40-47-54-61-74(7)9-2)70-95-99(87,88)93-66-75(82)67-94-100(89,90)96-71-77(69-92-79(84)63-56-49-44-37-39-46-53-60-73(5)6)98-81(86)65-58-51-43-36-31-32-38-45-52-59-72(3)4/h72-77,82H,8-71H2,1-7H3,(H,87,88)(H,89,90)/t74?,75-,76-,77-/m1/s1. The summed E-state index contributed by atoms with van der Waals surface area (Å²) >= 11 is 0. The molecule has 0 aromatic carbocycles. The molecular formula is C81H158O17P2. The minimum Gasteiger partial charge on any atom is -0.462 e. The predicted molar refractivity (Wildman–Crippen MR) is 409 cm³/mol. The van der Waals surface area contributed by atoms with Gasteiger partial charge >= 0.3 is 39.5 Å². The van der Waals surface area contributed by atoms with Gasteiger partial charge in [-0.25, -0.2) is 9.13 Å². The second-order valence-electron chi connectivity index (χ2n) is 30.4. The van der Waals surface area contributed by atoms with Crippen LogP contribution in [0.15, 0.2) is 0 Å². The zero-order chi connectivity index (χ0) is 73.7. The first kappa shape index (κ1) is 98.1. The van der Waals surface area contributed by atoms with Gasteiger partial charge in [0.1, 0.15) is 19.3 Å². The summed E-state index contributed by atoms with van der Waals surface area (Å²) in [6.45, 7) is 11.9. The number of rotatable bonds is 79. The quantitative estimate of drug-likeness (QED) is 0.0222. The molecule has 6 atom stereocenters. The number of hydrogen-bond donors (Lipinski definition) is 3. The van der Waals surface area contributed by atoms with Crippen LogP contribution in [0, 0.1) is 17.8 Å². The van der Waals surface area contributed by atoms with E-state index in [1.54, 1.807) is 0 Å². The molecule has 0 aromatic heterocycles. The van der Waals surface area contributed by atoms with Gasteiger partial charge in [0.25, 0.3) is 0 Å². The summed E-state index contributed by atoms with van der Waals surface area (Å²) in [5, 5.41) is 10.6. The fraction of sp³-hybridized carbons (Fsp3) is 0.951. The minimum atomic E-state index is -4.96. The molecule has 0 aromatic rings. The highest BCUT2D eigenvalue weighted by molar-refractivity contribution is 7.47. The van der Waals surface area contributed by atoms with Gasteiger partial charge in [-0.1, -0.05) is 370 Å². The van der Waals surface area contributed by atoms with Crippen LogP contribution in [0.5, 0.6) is 0 Å². The van der Waals surface area contributed by atoms with E-state index in [1.165, 1.54) is 225 Å². The largest absolute Gasteiger partial charge is 0.472 e. The summed E-state index contributed by atoms with van der Waals surface area (Å²) in [5.41, 5.74) is 0. The molecule has 594 valence electrons. The highest BCUT2D eigenvalue weighted by Crippen LogP contribution is 2.45. The first-order chi connectivity index (χ1) is 48.3. The third-order valence-electron chi connectivity index (χ3n) is 19.2. The Morgan fingerprint density at radius 2 is 0.510 bits per heavy atom. The van der Waals surface area contributed by atoms with E-state index in [-0.39, 0.29) is 25.7 Å². The van der Waals surface area contributed by atoms with Crippen LogP contribution in [0.25, 0.3) is 0 Å². The van der Waals surface area contributed by atoms with Crippen molar-refractivity contribution < 1.29 is 80.2 Å². The van der Waals surface area contributed by atoms with Gasteiger partial charge in [-0.15, -0.1) is 0 Å². The number of unbranched alkanes of at least 4 members (excludes halogenated alkanes) is 46. The van der Waals surface area contributed by atoms with E-state index in [9.17, 15) is 43.2 Å². The number of carbonyl (C=O) groups excluding carboxylic acids is 4. The molecule has 0 amide bonds. The Morgan fingerprint density at radius 3 is 0.760 bits per heavy atom. The van der Waals surface area contributed by atoms with Crippen LogP contribution < -0.4 is 0 Å². The van der Waals surface area contributed by atoms with Crippen LogP contribution >= 0.6 is 15.6 Å². The lowest BCUT2D eigenvalue weighted by Crippen LogP contribution is -2.30. The van der Waals surface area contributed by atoms with Crippen molar-refractivity contribution in [2.24, 2.45) is 17.8 Å². The van der Waals surface area contributed by atoms with Gasteiger partial charge in [-0.2, -0.15) is 0 Å². The Labute approximate surface area is 613 Å². The molecule has 0 aliphatic carbocycles. The van der Waals surface area contributed by atoms with Gasteiger partial charge in [-0.3, -0.25) is 37.3 Å². The fourth-order valence-corrected chi connectivity index (χ4v) is 14.0. The molecule has 3 N–H and O–H groups in total. The number of phosphoric acid groups is 2. The van der Waals surface area contributed by atoms with Crippen molar-refractivity contribution in [1.29, 1.82) is 0 Å². The first-order valence-electron chi connectivity index (χ1n) is 41.9. The summed E-state index contributed by atoms with van der Waals surface area (Å²) in [4.78, 5) is 73.0. The van der Waals surface area contributed by atoms with Crippen LogP contribution in [0.2, 0.25) is 0 Å². The Morgan fingerprint density at radius 1 is 0.290 bits per heavy atom. The van der Waals surface area contributed by atoms with Crippen LogP contribution in [0.4, 0.5) is 0 Å². The molecule has 17 nitrogen and oxygen atoms in total. The van der Waals surface area contributed by atoms with Crippen LogP contribution in [0.1, 0.15) is 421 Å². The molecule has 0 bridgehead atoms. The molecule has 3 unspecified atom stereocenters. The Balaban J connectivity index is 5.23. The van der Waals surface area contributed by atoms with Crippen LogP contribution in [0.3, 0.4) is 0 Å². The molecule has 0 fully saturated rings. The molecule has 0 aliphatic rings. The van der Waals surface area contributed by atoms with Crippen molar-refractivity contribution in [3.05, 3.63) is 0 Å². The first-order valence-corrected chi connectivity index (χ1v) is 44.9. The van der Waals surface area contributed by atoms with E-state index < -0.39 is 97.5 Å². The van der Waals surface area contributed by atoms with E-state index in [2.05, 4.69) is 48.5 Å². The number of aliphatic hydroxyl groups is 1. The number of phosphoric ester groups is 2. The third kappa shape index (κ3) is 73.0. The molecule has 19 heteroatoms. The van der Waals surface area contributed by atoms with E-state index in [1.807, 2.05) is 0 Å². The molecule has 0 heterocycles. The second-order valence-corrected chi connectivity index (χ2v) is 33.3. The third-order valence-corrected chi connectivity index (χ3v) is 21.1. The molecule has 0 saturated heterocycles. The lowest BCUT2D eigenvalue weighted by molar-refractivity contribution is -0.161. The number of esters is 4. The monoisotopic (exact) mass is 1470 g/mol. The summed E-state index contributed by atoms with van der Waals surface area (Å²) in [7, 11) is -9.92. The molecule has 0 aliphatic heterocycles. The van der Waals surface area contributed by atoms with E-state index >= 15 is 0 Å². The number of ether oxygens (including phenoxy) is 4. The number of hydrogen-bond acceptors (Lipinski definition) is 15. The van der Waals surface area contributed by atoms with Crippen molar-refractivity contribution in [3.63, 3.8) is 0 Å². The Hall–Kier alpha value is -1.94. The summed E-state index contributed by atoms with van der Waals surface area (Å²) in [5.74, 6) is 0.178. The summed E-state index contributed by atoms with van der Waals surface area (Å²) < 4.78 is 68.7. The van der Waals surface area contributed by atoms with Crippen molar-refractivity contribution in [2.45, 2.75) is 439 Å². The summed E-state index contributed by atoms with van der Waals surface area (Å²) in [6.07, 6.45) is 59.8. The van der Waals surface area contributed by atoms with Gasteiger partial charge in [-0.05, 0) is 43.4 Å². The Bertz CT molecular complexity index is 1940. The van der Waals surface area contributed by atoms with Gasteiger partial charge in [0.2, 0.25) is 0 Å². The minimum absolute atomic E-state index is 0.105. The maximum absolute atomic E-state index is 13.1. The zero-order valence-corrected chi connectivity index (χ0v) is 67.5. The van der Waals surface area contributed by atoms with E-state index in [0.29, 0.717) is 31.6 Å². The molecule has 0 radical (unpaired) electrons. The fourth-order valence-electron chi connectivity index (χ4n) is 12.5. The van der Waals surface area contributed by atoms with Crippen LogP contribution in [-0.4, -0.2) is 96.7 Å². The van der Waals surface area contributed by atoms with Crippen LogP contribution in [-0.2, 0) is 65.4 Å². The van der Waals surface area contributed by atoms with Gasteiger partial charge in [0, 0.05) is 25.7 Å². The van der Waals surface area contributed by atoms with Gasteiger partial charge < -0.3 is 33.8 Å². The summed E-state index contributed by atoms with van der Waals surface area (Å²) in [6, 6.07) is 0. The van der Waals surface area contributed by atoms with E-state index in [4.69, 9.17) is 37.0 Å². The lowest BCUT2D eigenvalue weighted by atomic mass is 9.99. The number of carbonyl (C=O) groups is 4. The van der Waals surface area contributed by atoms with Gasteiger partial charge in [0.15, 0.2) is 12.2 Å². The average molecular weight is 1470 g/mol. The SMILES string of the molecule is CCCCCCCCCCCCCCCCCCCCCCC(=O)O[C@H](COC(=O)CCCCCCCCCCCCCCCCC(C)CC)COP(=O)(O)OC[C@@H](O)COP(=O)(O)OC[C@@H](COC(=O)CCCCCCCCCC(C)C)OC(=O)CCCCCCCCCCCC(C)C. The smallest absolute Gasteiger partial charge is 0.462 e.